The fourth-order valence-electron chi connectivity index (χ4n) is 3.34. The van der Waals surface area contributed by atoms with Gasteiger partial charge < -0.3 is 24.5 Å². The number of methoxy groups -OCH3 is 1. The molecule has 26 heavy (non-hydrogen) atoms. The van der Waals surface area contributed by atoms with Crippen LogP contribution in [-0.4, -0.2) is 71.8 Å². The number of benzene rings is 1. The second kappa shape index (κ2) is 7.65. The number of hydrogen-bond acceptors (Lipinski definition) is 5. The normalized spacial score (nSPS) is 16.5. The van der Waals surface area contributed by atoms with E-state index < -0.39 is 12.0 Å². The number of ether oxygens (including phenoxy) is 2. The number of piperazine rings is 1. The number of carboxylic acid groups (broad SMARTS) is 1. The largest absolute Gasteiger partial charge is 0.497 e. The monoisotopic (exact) mass is 361 g/mol. The second-order valence-corrected chi connectivity index (χ2v) is 6.12. The van der Waals surface area contributed by atoms with Crippen molar-refractivity contribution in [2.45, 2.75) is 13.0 Å². The van der Waals surface area contributed by atoms with Crippen LogP contribution in [0.2, 0.25) is 0 Å². The van der Waals surface area contributed by atoms with Gasteiger partial charge in [-0.25, -0.2) is 4.79 Å². The van der Waals surface area contributed by atoms with Crippen molar-refractivity contribution < 1.29 is 24.2 Å². The molecular formula is C18H23N3O5. The molecule has 2 aromatic rings. The number of H-pyrrole nitrogens is 1. The van der Waals surface area contributed by atoms with Crippen LogP contribution in [0.4, 0.5) is 4.79 Å². The Labute approximate surface area is 151 Å². The summed E-state index contributed by atoms with van der Waals surface area (Å²) in [4.78, 5) is 30.5. The SMILES string of the molecule is CCOC(=O)N1CCN([C@H](C(=O)O)c2c[nH]c3ccc(OC)cc23)CC1. The van der Waals surface area contributed by atoms with Gasteiger partial charge in [0.1, 0.15) is 11.8 Å². The lowest BCUT2D eigenvalue weighted by atomic mass is 10.0. The minimum absolute atomic E-state index is 0.327. The summed E-state index contributed by atoms with van der Waals surface area (Å²) in [6.07, 6.45) is 1.39. The Morgan fingerprint density at radius 1 is 1.27 bits per heavy atom. The van der Waals surface area contributed by atoms with E-state index in [4.69, 9.17) is 9.47 Å². The molecule has 0 radical (unpaired) electrons. The number of hydrogen-bond donors (Lipinski definition) is 2. The maximum Gasteiger partial charge on any atom is 0.409 e. The molecule has 1 aromatic carbocycles. The minimum Gasteiger partial charge on any atom is -0.497 e. The highest BCUT2D eigenvalue weighted by Gasteiger charge is 2.33. The Morgan fingerprint density at radius 2 is 2.00 bits per heavy atom. The third-order valence-corrected chi connectivity index (χ3v) is 4.65. The number of carbonyl (C=O) groups excluding carboxylic acids is 1. The zero-order valence-corrected chi connectivity index (χ0v) is 14.9. The molecule has 3 rings (SSSR count). The lowest BCUT2D eigenvalue weighted by Gasteiger charge is -2.37. The zero-order valence-electron chi connectivity index (χ0n) is 14.9. The Balaban J connectivity index is 1.83. The second-order valence-electron chi connectivity index (χ2n) is 6.12. The van der Waals surface area contributed by atoms with Gasteiger partial charge in [-0.05, 0) is 25.1 Å². The maximum atomic E-state index is 12.0. The van der Waals surface area contributed by atoms with Crippen LogP contribution in [0.25, 0.3) is 10.9 Å². The topological polar surface area (TPSA) is 95.1 Å². The average molecular weight is 361 g/mol. The van der Waals surface area contributed by atoms with E-state index >= 15 is 0 Å². The van der Waals surface area contributed by atoms with Crippen LogP contribution in [0.5, 0.6) is 5.75 Å². The molecule has 0 aliphatic carbocycles. The molecule has 8 heteroatoms. The van der Waals surface area contributed by atoms with E-state index in [2.05, 4.69) is 4.98 Å². The van der Waals surface area contributed by atoms with Gasteiger partial charge in [-0.2, -0.15) is 0 Å². The van der Waals surface area contributed by atoms with E-state index in [0.717, 1.165) is 10.9 Å². The summed E-state index contributed by atoms with van der Waals surface area (Å²) in [6.45, 7) is 3.90. The van der Waals surface area contributed by atoms with E-state index in [-0.39, 0.29) is 6.09 Å². The lowest BCUT2D eigenvalue weighted by molar-refractivity contribution is -0.144. The van der Waals surface area contributed by atoms with Gasteiger partial charge in [0, 0.05) is 48.8 Å². The molecule has 1 aromatic heterocycles. The van der Waals surface area contributed by atoms with Crippen molar-refractivity contribution in [1.82, 2.24) is 14.8 Å². The van der Waals surface area contributed by atoms with Crippen molar-refractivity contribution in [3.05, 3.63) is 30.0 Å². The Hall–Kier alpha value is -2.74. The van der Waals surface area contributed by atoms with Gasteiger partial charge in [-0.1, -0.05) is 0 Å². The highest BCUT2D eigenvalue weighted by atomic mass is 16.6. The summed E-state index contributed by atoms with van der Waals surface area (Å²) in [5.74, 6) is -0.243. The average Bonchev–Trinajstić information content (AvgIpc) is 3.05. The van der Waals surface area contributed by atoms with Crippen molar-refractivity contribution in [1.29, 1.82) is 0 Å². The summed E-state index contributed by atoms with van der Waals surface area (Å²) in [7, 11) is 1.58. The van der Waals surface area contributed by atoms with Crippen LogP contribution < -0.4 is 4.74 Å². The van der Waals surface area contributed by atoms with Gasteiger partial charge in [-0.3, -0.25) is 9.69 Å². The van der Waals surface area contributed by atoms with E-state index in [0.29, 0.717) is 44.1 Å². The number of nitrogens with one attached hydrogen (secondary N) is 1. The Bertz CT molecular complexity index is 795. The van der Waals surface area contributed by atoms with Gasteiger partial charge in [0.25, 0.3) is 0 Å². The predicted octanol–water partition coefficient (Wildman–Crippen LogP) is 2.08. The molecule has 0 saturated carbocycles. The van der Waals surface area contributed by atoms with Crippen molar-refractivity contribution >= 4 is 23.0 Å². The smallest absolute Gasteiger partial charge is 0.409 e. The molecule has 1 atom stereocenters. The molecule has 1 aliphatic rings. The third kappa shape index (κ3) is 3.45. The zero-order chi connectivity index (χ0) is 18.7. The van der Waals surface area contributed by atoms with Crippen molar-refractivity contribution in [3.63, 3.8) is 0 Å². The van der Waals surface area contributed by atoms with Crippen molar-refractivity contribution in [3.8, 4) is 5.75 Å². The summed E-state index contributed by atoms with van der Waals surface area (Å²) < 4.78 is 10.3. The maximum absolute atomic E-state index is 12.0. The van der Waals surface area contributed by atoms with Crippen LogP contribution in [0.15, 0.2) is 24.4 Å². The number of amides is 1. The van der Waals surface area contributed by atoms with Gasteiger partial charge >= 0.3 is 12.1 Å². The number of aromatic nitrogens is 1. The van der Waals surface area contributed by atoms with Crippen molar-refractivity contribution in [2.75, 3.05) is 39.9 Å². The minimum atomic E-state index is -0.918. The number of carboxylic acids is 1. The third-order valence-electron chi connectivity index (χ3n) is 4.65. The summed E-state index contributed by atoms with van der Waals surface area (Å²) in [5.41, 5.74) is 1.55. The number of rotatable bonds is 5. The number of fused-ring (bicyclic) bond motifs is 1. The number of carbonyl (C=O) groups is 2. The van der Waals surface area contributed by atoms with E-state index in [1.165, 1.54) is 0 Å². The molecule has 1 fully saturated rings. The van der Waals surface area contributed by atoms with E-state index in [9.17, 15) is 14.7 Å². The number of aliphatic carboxylic acids is 1. The lowest BCUT2D eigenvalue weighted by Crippen LogP contribution is -2.51. The molecule has 140 valence electrons. The van der Waals surface area contributed by atoms with Crippen LogP contribution in [-0.2, 0) is 9.53 Å². The molecule has 1 aliphatic heterocycles. The standard InChI is InChI=1S/C18H23N3O5/c1-3-26-18(24)21-8-6-20(7-9-21)16(17(22)23)14-11-19-15-5-4-12(25-2)10-13(14)15/h4-5,10-11,16,19H,3,6-9H2,1-2H3,(H,22,23)/t16-/m0/s1. The molecule has 0 bridgehead atoms. The molecule has 1 saturated heterocycles. The summed E-state index contributed by atoms with van der Waals surface area (Å²) in [6, 6.07) is 4.75. The quantitative estimate of drug-likeness (QED) is 0.847. The number of aromatic amines is 1. The highest BCUT2D eigenvalue weighted by Crippen LogP contribution is 2.31. The van der Waals surface area contributed by atoms with Crippen LogP contribution in [0, 0.1) is 0 Å². The van der Waals surface area contributed by atoms with E-state index in [1.807, 2.05) is 23.1 Å². The first-order valence-electron chi connectivity index (χ1n) is 8.58. The highest BCUT2D eigenvalue weighted by molar-refractivity contribution is 5.90. The van der Waals surface area contributed by atoms with Gasteiger partial charge in [0.2, 0.25) is 0 Å². The molecule has 1 amide bonds. The van der Waals surface area contributed by atoms with E-state index in [1.54, 1.807) is 25.1 Å². The predicted molar refractivity (Wildman–Crippen MR) is 95.4 cm³/mol. The van der Waals surface area contributed by atoms with Gasteiger partial charge in [0.05, 0.1) is 13.7 Å². The fraction of sp³-hybridized carbons (Fsp3) is 0.444. The van der Waals surface area contributed by atoms with Crippen LogP contribution in [0.3, 0.4) is 0 Å². The number of nitrogens with zero attached hydrogens (tertiary/aromatic N) is 2. The van der Waals surface area contributed by atoms with Crippen LogP contribution in [0.1, 0.15) is 18.5 Å². The van der Waals surface area contributed by atoms with Crippen molar-refractivity contribution in [2.24, 2.45) is 0 Å². The molecule has 2 N–H and O–H groups in total. The molecule has 8 nitrogen and oxygen atoms in total. The van der Waals surface area contributed by atoms with Gasteiger partial charge in [-0.15, -0.1) is 0 Å². The Kier molecular flexibility index (Phi) is 5.32. The summed E-state index contributed by atoms with van der Waals surface area (Å²) >= 11 is 0. The summed E-state index contributed by atoms with van der Waals surface area (Å²) in [5, 5.41) is 10.7. The van der Waals surface area contributed by atoms with Gasteiger partial charge in [0.15, 0.2) is 0 Å². The molecule has 2 heterocycles. The Morgan fingerprint density at radius 3 is 2.62 bits per heavy atom. The molecule has 0 spiro atoms. The molecule has 0 unspecified atom stereocenters. The fourth-order valence-corrected chi connectivity index (χ4v) is 3.34. The molecular weight excluding hydrogens is 338 g/mol. The first kappa shape index (κ1) is 18.1. The first-order valence-corrected chi connectivity index (χ1v) is 8.58. The first-order chi connectivity index (χ1) is 12.5. The van der Waals surface area contributed by atoms with Crippen LogP contribution >= 0.6 is 0 Å².